The SMILES string of the molecule is CCOC(=O)c1cn[nH]c1S(=O)(=O)NC1(CO)CC1. The third-order valence-electron chi connectivity index (χ3n) is 2.88. The van der Waals surface area contributed by atoms with Crippen molar-refractivity contribution in [3.8, 4) is 0 Å². The van der Waals surface area contributed by atoms with Gasteiger partial charge in [-0.15, -0.1) is 0 Å². The van der Waals surface area contributed by atoms with Crippen molar-refractivity contribution < 1.29 is 23.1 Å². The van der Waals surface area contributed by atoms with Gasteiger partial charge in [0.15, 0.2) is 5.03 Å². The van der Waals surface area contributed by atoms with Crippen molar-refractivity contribution in [2.24, 2.45) is 0 Å². The van der Waals surface area contributed by atoms with Gasteiger partial charge in [0, 0.05) is 0 Å². The van der Waals surface area contributed by atoms with E-state index < -0.39 is 21.5 Å². The molecular weight excluding hydrogens is 274 g/mol. The lowest BCUT2D eigenvalue weighted by atomic mass is 10.3. The molecule has 1 saturated carbocycles. The number of hydrogen-bond donors (Lipinski definition) is 3. The maximum atomic E-state index is 12.1. The number of carbonyl (C=O) groups excluding carboxylic acids is 1. The number of nitrogens with one attached hydrogen (secondary N) is 2. The summed E-state index contributed by atoms with van der Waals surface area (Å²) >= 11 is 0. The van der Waals surface area contributed by atoms with Gasteiger partial charge in [-0.2, -0.15) is 5.10 Å². The van der Waals surface area contributed by atoms with Gasteiger partial charge in [-0.3, -0.25) is 5.10 Å². The zero-order valence-electron chi connectivity index (χ0n) is 10.3. The summed E-state index contributed by atoms with van der Waals surface area (Å²) in [7, 11) is -3.95. The summed E-state index contributed by atoms with van der Waals surface area (Å²) in [4.78, 5) is 11.6. The van der Waals surface area contributed by atoms with E-state index in [0.29, 0.717) is 12.8 Å². The van der Waals surface area contributed by atoms with E-state index in [1.807, 2.05) is 0 Å². The Hall–Kier alpha value is -1.45. The molecule has 19 heavy (non-hydrogen) atoms. The molecule has 9 heteroatoms. The van der Waals surface area contributed by atoms with Crippen molar-refractivity contribution in [2.75, 3.05) is 13.2 Å². The van der Waals surface area contributed by atoms with Crippen molar-refractivity contribution in [2.45, 2.75) is 30.3 Å². The molecule has 3 N–H and O–H groups in total. The molecular formula is C10H15N3O5S. The highest BCUT2D eigenvalue weighted by atomic mass is 32.2. The second kappa shape index (κ2) is 4.91. The van der Waals surface area contributed by atoms with Gasteiger partial charge in [-0.1, -0.05) is 0 Å². The number of H-pyrrole nitrogens is 1. The Morgan fingerprint density at radius 2 is 2.32 bits per heavy atom. The fourth-order valence-electron chi connectivity index (χ4n) is 1.61. The zero-order valence-corrected chi connectivity index (χ0v) is 11.2. The number of aliphatic hydroxyl groups excluding tert-OH is 1. The molecule has 0 spiro atoms. The van der Waals surface area contributed by atoms with Crippen LogP contribution in [0.1, 0.15) is 30.1 Å². The molecule has 0 saturated heterocycles. The molecule has 106 valence electrons. The number of esters is 1. The Balaban J connectivity index is 2.26. The molecule has 1 aliphatic rings. The summed E-state index contributed by atoms with van der Waals surface area (Å²) in [5, 5.41) is 14.6. The molecule has 0 bridgehead atoms. The van der Waals surface area contributed by atoms with E-state index in [1.54, 1.807) is 6.92 Å². The van der Waals surface area contributed by atoms with Gasteiger partial charge >= 0.3 is 5.97 Å². The molecule has 0 aliphatic heterocycles. The third-order valence-corrected chi connectivity index (χ3v) is 4.43. The van der Waals surface area contributed by atoms with E-state index in [4.69, 9.17) is 9.84 Å². The predicted molar refractivity (Wildman–Crippen MR) is 63.9 cm³/mol. The minimum atomic E-state index is -3.95. The molecule has 2 rings (SSSR count). The van der Waals surface area contributed by atoms with Crippen LogP contribution in [0.15, 0.2) is 11.2 Å². The first-order valence-electron chi connectivity index (χ1n) is 5.79. The van der Waals surface area contributed by atoms with Crippen molar-refractivity contribution >= 4 is 16.0 Å². The number of aromatic nitrogens is 2. The fraction of sp³-hybridized carbons (Fsp3) is 0.600. The highest BCUT2D eigenvalue weighted by Gasteiger charge is 2.46. The molecule has 0 amide bonds. The van der Waals surface area contributed by atoms with Crippen LogP contribution in [0.3, 0.4) is 0 Å². The Labute approximate surface area is 110 Å². The van der Waals surface area contributed by atoms with Crippen LogP contribution < -0.4 is 4.72 Å². The van der Waals surface area contributed by atoms with Gasteiger partial charge in [0.2, 0.25) is 0 Å². The lowest BCUT2D eigenvalue weighted by molar-refractivity contribution is 0.0522. The maximum absolute atomic E-state index is 12.1. The van der Waals surface area contributed by atoms with Crippen LogP contribution in [0.5, 0.6) is 0 Å². The summed E-state index contributed by atoms with van der Waals surface area (Å²) in [5.74, 6) is -0.759. The average Bonchev–Trinajstić information content (AvgIpc) is 2.93. The summed E-state index contributed by atoms with van der Waals surface area (Å²) in [5.41, 5.74) is -0.960. The van der Waals surface area contributed by atoms with Crippen LogP contribution in [0.4, 0.5) is 0 Å². The Bertz CT molecular complexity index is 576. The van der Waals surface area contributed by atoms with Crippen LogP contribution in [-0.2, 0) is 14.8 Å². The molecule has 0 unspecified atom stereocenters. The maximum Gasteiger partial charge on any atom is 0.342 e. The van der Waals surface area contributed by atoms with Crippen molar-refractivity contribution in [1.29, 1.82) is 0 Å². The topological polar surface area (TPSA) is 121 Å². The van der Waals surface area contributed by atoms with Crippen LogP contribution in [-0.4, -0.2) is 48.4 Å². The van der Waals surface area contributed by atoms with Gasteiger partial charge in [-0.05, 0) is 19.8 Å². The highest BCUT2D eigenvalue weighted by Crippen LogP contribution is 2.36. The smallest absolute Gasteiger partial charge is 0.342 e. The average molecular weight is 289 g/mol. The van der Waals surface area contributed by atoms with Gasteiger partial charge in [0.05, 0.1) is 24.9 Å². The minimum absolute atomic E-state index is 0.136. The van der Waals surface area contributed by atoms with Crippen LogP contribution in [0.2, 0.25) is 0 Å². The Morgan fingerprint density at radius 1 is 1.63 bits per heavy atom. The van der Waals surface area contributed by atoms with E-state index in [2.05, 4.69) is 14.9 Å². The van der Waals surface area contributed by atoms with Gasteiger partial charge in [0.25, 0.3) is 10.0 Å². The first-order chi connectivity index (χ1) is 8.94. The monoisotopic (exact) mass is 289 g/mol. The lowest BCUT2D eigenvalue weighted by Gasteiger charge is -2.14. The molecule has 0 radical (unpaired) electrons. The first-order valence-corrected chi connectivity index (χ1v) is 7.28. The highest BCUT2D eigenvalue weighted by molar-refractivity contribution is 7.89. The predicted octanol–water partition coefficient (Wildman–Crippen LogP) is -0.610. The fourth-order valence-corrected chi connectivity index (χ4v) is 3.15. The van der Waals surface area contributed by atoms with Crippen LogP contribution >= 0.6 is 0 Å². The summed E-state index contributed by atoms with van der Waals surface area (Å²) in [6.07, 6.45) is 2.22. The zero-order chi connectivity index (χ0) is 14.1. The number of rotatable bonds is 6. The number of ether oxygens (including phenoxy) is 1. The van der Waals surface area contributed by atoms with E-state index in [0.717, 1.165) is 6.20 Å². The lowest BCUT2D eigenvalue weighted by Crippen LogP contribution is -2.40. The second-order valence-electron chi connectivity index (χ2n) is 4.38. The summed E-state index contributed by atoms with van der Waals surface area (Å²) in [6, 6.07) is 0. The molecule has 1 aromatic rings. The normalized spacial score (nSPS) is 17.2. The second-order valence-corrected chi connectivity index (χ2v) is 6.00. The largest absolute Gasteiger partial charge is 0.462 e. The molecule has 1 heterocycles. The molecule has 1 fully saturated rings. The number of nitrogens with zero attached hydrogens (tertiary/aromatic N) is 1. The van der Waals surface area contributed by atoms with E-state index >= 15 is 0 Å². The van der Waals surface area contributed by atoms with Gasteiger partial charge in [0.1, 0.15) is 5.56 Å². The van der Waals surface area contributed by atoms with Crippen LogP contribution in [0, 0.1) is 0 Å². The van der Waals surface area contributed by atoms with Gasteiger partial charge in [-0.25, -0.2) is 17.9 Å². The standard InChI is InChI=1S/C10H15N3O5S/c1-2-18-9(15)7-5-11-12-8(7)19(16,17)13-10(6-14)3-4-10/h5,13-14H,2-4,6H2,1H3,(H,11,12). The molecule has 1 aliphatic carbocycles. The summed E-state index contributed by atoms with van der Waals surface area (Å²) in [6.45, 7) is 1.47. The van der Waals surface area contributed by atoms with Crippen LogP contribution in [0.25, 0.3) is 0 Å². The van der Waals surface area contributed by atoms with Crippen molar-refractivity contribution in [3.05, 3.63) is 11.8 Å². The number of sulfonamides is 1. The Morgan fingerprint density at radius 3 is 2.84 bits per heavy atom. The third kappa shape index (κ3) is 2.77. The summed E-state index contributed by atoms with van der Waals surface area (Å²) < 4.78 is 31.4. The number of hydrogen-bond acceptors (Lipinski definition) is 6. The van der Waals surface area contributed by atoms with Gasteiger partial charge < -0.3 is 9.84 Å². The number of aromatic amines is 1. The Kier molecular flexibility index (Phi) is 3.61. The minimum Gasteiger partial charge on any atom is -0.462 e. The first kappa shape index (κ1) is 14.0. The molecule has 0 aromatic carbocycles. The van der Waals surface area contributed by atoms with Crippen molar-refractivity contribution in [3.63, 3.8) is 0 Å². The quantitative estimate of drug-likeness (QED) is 0.601. The molecule has 0 atom stereocenters. The number of aliphatic hydroxyl groups is 1. The van der Waals surface area contributed by atoms with Crippen molar-refractivity contribution in [1.82, 2.24) is 14.9 Å². The molecule has 8 nitrogen and oxygen atoms in total. The molecule has 1 aromatic heterocycles. The van der Waals surface area contributed by atoms with E-state index in [-0.39, 0.29) is 23.8 Å². The number of carbonyl (C=O) groups is 1. The van der Waals surface area contributed by atoms with E-state index in [1.165, 1.54) is 0 Å². The van der Waals surface area contributed by atoms with E-state index in [9.17, 15) is 13.2 Å².